The van der Waals surface area contributed by atoms with Gasteiger partial charge in [0.15, 0.2) is 5.96 Å². The molecule has 0 aliphatic heterocycles. The third-order valence-electron chi connectivity index (χ3n) is 4.76. The summed E-state index contributed by atoms with van der Waals surface area (Å²) in [6.07, 6.45) is 4.49. The molecule has 0 aromatic heterocycles. The van der Waals surface area contributed by atoms with E-state index >= 15 is 0 Å². The average molecular weight is 411 g/mol. The smallest absolute Gasteiger partial charge is 0.211 e. The molecule has 0 amide bonds. The Bertz CT molecular complexity index is 761. The molecule has 8 heteroatoms. The topological polar surface area (TPSA) is 83.0 Å². The highest BCUT2D eigenvalue weighted by atomic mass is 32.2. The second-order valence-corrected chi connectivity index (χ2v) is 9.31. The summed E-state index contributed by atoms with van der Waals surface area (Å²) in [4.78, 5) is 4.24. The van der Waals surface area contributed by atoms with Crippen LogP contribution in [0, 0.1) is 12.8 Å². The predicted octanol–water partition coefficient (Wildman–Crippen LogP) is 2.12. The predicted molar refractivity (Wildman–Crippen MR) is 114 cm³/mol. The minimum atomic E-state index is -3.14. The van der Waals surface area contributed by atoms with Crippen LogP contribution in [0.5, 0.6) is 5.75 Å². The molecule has 158 valence electrons. The molecule has 0 radical (unpaired) electrons. The molecule has 0 spiro atoms. The molecule has 2 N–H and O–H groups in total. The van der Waals surface area contributed by atoms with E-state index in [0.717, 1.165) is 17.9 Å². The van der Waals surface area contributed by atoms with E-state index in [2.05, 4.69) is 40.7 Å². The minimum absolute atomic E-state index is 0.489. The zero-order chi connectivity index (χ0) is 20.6. The van der Waals surface area contributed by atoms with Crippen molar-refractivity contribution in [3.05, 3.63) is 29.3 Å². The van der Waals surface area contributed by atoms with E-state index in [9.17, 15) is 8.42 Å². The lowest BCUT2D eigenvalue weighted by Gasteiger charge is -2.18. The first-order valence-corrected chi connectivity index (χ1v) is 11.8. The van der Waals surface area contributed by atoms with Crippen molar-refractivity contribution in [3.63, 3.8) is 0 Å². The number of guanidine groups is 1. The van der Waals surface area contributed by atoms with Gasteiger partial charge in [0, 0.05) is 38.8 Å². The van der Waals surface area contributed by atoms with E-state index in [1.54, 1.807) is 7.05 Å². The second kappa shape index (κ2) is 10.7. The fourth-order valence-corrected chi connectivity index (χ4v) is 3.78. The Morgan fingerprint density at radius 3 is 2.68 bits per heavy atom. The molecule has 2 rings (SSSR count). The van der Waals surface area contributed by atoms with Crippen molar-refractivity contribution in [1.29, 1.82) is 0 Å². The van der Waals surface area contributed by atoms with E-state index in [4.69, 9.17) is 4.74 Å². The maximum absolute atomic E-state index is 11.6. The van der Waals surface area contributed by atoms with Crippen molar-refractivity contribution in [3.8, 4) is 5.75 Å². The van der Waals surface area contributed by atoms with Crippen LogP contribution in [0.2, 0.25) is 0 Å². The molecular formula is C20H34N4O3S. The molecule has 1 aliphatic carbocycles. The van der Waals surface area contributed by atoms with Crippen molar-refractivity contribution < 1.29 is 13.2 Å². The molecule has 1 aromatic carbocycles. The number of hydrogen-bond acceptors (Lipinski definition) is 4. The lowest BCUT2D eigenvalue weighted by Crippen LogP contribution is -2.39. The average Bonchev–Trinajstić information content (AvgIpc) is 3.46. The SMILES string of the molecule is CCN(CCCNC(=NC)NCc1ccc(C)cc1OCC1CC1)S(C)(=O)=O. The number of aliphatic imine (C=N–C) groups is 1. The van der Waals surface area contributed by atoms with Crippen molar-refractivity contribution in [2.75, 3.05) is 39.5 Å². The summed E-state index contributed by atoms with van der Waals surface area (Å²) in [7, 11) is -1.41. The highest BCUT2D eigenvalue weighted by Crippen LogP contribution is 2.30. The van der Waals surface area contributed by atoms with Gasteiger partial charge in [0.1, 0.15) is 5.75 Å². The van der Waals surface area contributed by atoms with E-state index in [1.165, 1.54) is 29.0 Å². The zero-order valence-corrected chi connectivity index (χ0v) is 18.3. The number of nitrogens with zero attached hydrogens (tertiary/aromatic N) is 2. The van der Waals surface area contributed by atoms with E-state index < -0.39 is 10.0 Å². The Kier molecular flexibility index (Phi) is 8.57. The van der Waals surface area contributed by atoms with Crippen molar-refractivity contribution >= 4 is 16.0 Å². The number of sulfonamides is 1. The molecule has 28 heavy (non-hydrogen) atoms. The first kappa shape index (κ1) is 22.5. The molecule has 0 saturated heterocycles. The number of nitrogens with one attached hydrogen (secondary N) is 2. The molecule has 0 unspecified atom stereocenters. The van der Waals surface area contributed by atoms with Gasteiger partial charge in [0.05, 0.1) is 12.9 Å². The summed E-state index contributed by atoms with van der Waals surface area (Å²) in [6, 6.07) is 6.25. The zero-order valence-electron chi connectivity index (χ0n) is 17.5. The minimum Gasteiger partial charge on any atom is -0.493 e. The van der Waals surface area contributed by atoms with Crippen LogP contribution in [0.15, 0.2) is 23.2 Å². The van der Waals surface area contributed by atoms with Gasteiger partial charge in [-0.2, -0.15) is 0 Å². The fourth-order valence-electron chi connectivity index (χ4n) is 2.85. The van der Waals surface area contributed by atoms with Crippen LogP contribution in [0.4, 0.5) is 0 Å². The van der Waals surface area contributed by atoms with Gasteiger partial charge in [-0.3, -0.25) is 4.99 Å². The van der Waals surface area contributed by atoms with Crippen LogP contribution in [-0.4, -0.2) is 58.2 Å². The quantitative estimate of drug-likeness (QED) is 0.332. The van der Waals surface area contributed by atoms with E-state index in [1.807, 2.05) is 6.92 Å². The van der Waals surface area contributed by atoms with Crippen LogP contribution >= 0.6 is 0 Å². The highest BCUT2D eigenvalue weighted by molar-refractivity contribution is 7.88. The molecule has 1 aromatic rings. The van der Waals surface area contributed by atoms with Crippen LogP contribution in [0.1, 0.15) is 37.3 Å². The largest absolute Gasteiger partial charge is 0.493 e. The van der Waals surface area contributed by atoms with Crippen molar-refractivity contribution in [1.82, 2.24) is 14.9 Å². The summed E-state index contributed by atoms with van der Waals surface area (Å²) < 4.78 is 30.7. The summed E-state index contributed by atoms with van der Waals surface area (Å²) in [5.41, 5.74) is 2.28. The third-order valence-corrected chi connectivity index (χ3v) is 6.14. The Balaban J connectivity index is 1.80. The second-order valence-electron chi connectivity index (χ2n) is 7.33. The molecule has 1 fully saturated rings. The van der Waals surface area contributed by atoms with Gasteiger partial charge < -0.3 is 15.4 Å². The summed E-state index contributed by atoms with van der Waals surface area (Å²) in [5, 5.41) is 6.55. The van der Waals surface area contributed by atoms with Gasteiger partial charge in [0.25, 0.3) is 0 Å². The molecule has 0 heterocycles. The Morgan fingerprint density at radius 2 is 2.07 bits per heavy atom. The van der Waals surface area contributed by atoms with Crippen molar-refractivity contribution in [2.24, 2.45) is 10.9 Å². The highest BCUT2D eigenvalue weighted by Gasteiger charge is 2.22. The van der Waals surface area contributed by atoms with E-state index in [0.29, 0.717) is 44.5 Å². The molecular weight excluding hydrogens is 376 g/mol. The first-order valence-electron chi connectivity index (χ1n) is 9.95. The third kappa shape index (κ3) is 7.67. The Labute approximate surface area is 169 Å². The van der Waals surface area contributed by atoms with Crippen LogP contribution < -0.4 is 15.4 Å². The van der Waals surface area contributed by atoms with Crippen LogP contribution in [-0.2, 0) is 16.6 Å². The summed E-state index contributed by atoms with van der Waals surface area (Å²) in [5.74, 6) is 2.34. The number of aryl methyl sites for hydroxylation is 1. The summed E-state index contributed by atoms with van der Waals surface area (Å²) >= 11 is 0. The molecule has 0 atom stereocenters. The number of benzene rings is 1. The Hall–Kier alpha value is -1.80. The fraction of sp³-hybridized carbons (Fsp3) is 0.650. The molecule has 1 saturated carbocycles. The number of hydrogen-bond donors (Lipinski definition) is 2. The molecule has 7 nitrogen and oxygen atoms in total. The lowest BCUT2D eigenvalue weighted by atomic mass is 10.1. The van der Waals surface area contributed by atoms with Crippen LogP contribution in [0.25, 0.3) is 0 Å². The summed E-state index contributed by atoms with van der Waals surface area (Å²) in [6.45, 7) is 6.95. The lowest BCUT2D eigenvalue weighted by molar-refractivity contribution is 0.296. The van der Waals surface area contributed by atoms with Gasteiger partial charge in [-0.1, -0.05) is 19.1 Å². The standard InChI is InChI=1S/C20H34N4O3S/c1-5-24(28(4,25)26)12-6-11-22-20(21-3)23-14-18-10-7-16(2)13-19(18)27-15-17-8-9-17/h7,10,13,17H,5-6,8-9,11-12,14-15H2,1-4H3,(H2,21,22,23). The van der Waals surface area contributed by atoms with Gasteiger partial charge in [-0.25, -0.2) is 12.7 Å². The molecule has 0 bridgehead atoms. The number of rotatable bonds is 11. The molecule has 1 aliphatic rings. The maximum atomic E-state index is 11.6. The van der Waals surface area contributed by atoms with Gasteiger partial charge in [-0.15, -0.1) is 0 Å². The normalized spacial score (nSPS) is 15.0. The van der Waals surface area contributed by atoms with Crippen molar-refractivity contribution in [2.45, 2.75) is 39.7 Å². The Morgan fingerprint density at radius 1 is 1.32 bits per heavy atom. The van der Waals surface area contributed by atoms with Gasteiger partial charge >= 0.3 is 0 Å². The monoisotopic (exact) mass is 410 g/mol. The van der Waals surface area contributed by atoms with Gasteiger partial charge in [-0.05, 0) is 43.7 Å². The van der Waals surface area contributed by atoms with Crippen LogP contribution in [0.3, 0.4) is 0 Å². The maximum Gasteiger partial charge on any atom is 0.211 e. The van der Waals surface area contributed by atoms with Gasteiger partial charge in [0.2, 0.25) is 10.0 Å². The van der Waals surface area contributed by atoms with E-state index in [-0.39, 0.29) is 0 Å². The first-order chi connectivity index (χ1) is 13.3. The number of ether oxygens (including phenoxy) is 1.